The number of carbonyl (C=O) groups excluding carboxylic acids is 1. The van der Waals surface area contributed by atoms with Crippen LogP contribution in [0.5, 0.6) is 11.6 Å². The minimum atomic E-state index is -6.23. The molecule has 1 aliphatic heterocycles. The van der Waals surface area contributed by atoms with E-state index in [4.69, 9.17) is 14.2 Å². The lowest BCUT2D eigenvalue weighted by Crippen LogP contribution is -2.43. The number of ether oxygens (including phenoxy) is 3. The Bertz CT molecular complexity index is 1980. The Morgan fingerprint density at radius 3 is 2.44 bits per heavy atom. The number of aromatic nitrogens is 4. The van der Waals surface area contributed by atoms with Gasteiger partial charge in [0.15, 0.2) is 0 Å². The molecule has 4 heterocycles. The van der Waals surface area contributed by atoms with Crippen molar-refractivity contribution in [2.45, 2.75) is 51.4 Å². The van der Waals surface area contributed by atoms with E-state index in [-0.39, 0.29) is 65.3 Å². The molecule has 0 unspecified atom stereocenters. The molecule has 0 saturated carbocycles. The van der Waals surface area contributed by atoms with E-state index in [1.165, 1.54) is 35.0 Å². The average Bonchev–Trinajstić information content (AvgIpc) is 3.41. The Kier molecular flexibility index (Phi) is 9.26. The molecule has 5 rings (SSSR count). The number of rotatable bonds is 8. The van der Waals surface area contributed by atoms with Gasteiger partial charge in [-0.05, 0) is 39.8 Å². The zero-order valence-corrected chi connectivity index (χ0v) is 27.1. The van der Waals surface area contributed by atoms with Crippen molar-refractivity contribution in [1.29, 1.82) is 0 Å². The van der Waals surface area contributed by atoms with Crippen LogP contribution in [0.25, 0.3) is 33.3 Å². The van der Waals surface area contributed by atoms with Gasteiger partial charge in [0.1, 0.15) is 41.0 Å². The Morgan fingerprint density at radius 1 is 1.04 bits per heavy atom. The third kappa shape index (κ3) is 6.85. The average molecular weight is 700 g/mol. The summed E-state index contributed by atoms with van der Waals surface area (Å²) in [6, 6.07) is 3.59. The van der Waals surface area contributed by atoms with Crippen molar-refractivity contribution in [3.8, 4) is 34.1 Å². The first-order valence-corrected chi connectivity index (χ1v) is 15.8. The van der Waals surface area contributed by atoms with Crippen molar-refractivity contribution in [1.82, 2.24) is 24.6 Å². The lowest BCUT2D eigenvalue weighted by Gasteiger charge is -2.35. The Balaban J connectivity index is 1.78. The molecule has 0 radical (unpaired) electrons. The summed E-state index contributed by atoms with van der Waals surface area (Å²) in [5, 5.41) is 4.13. The van der Waals surface area contributed by atoms with Crippen LogP contribution in [0.4, 0.5) is 26.7 Å². The van der Waals surface area contributed by atoms with Crippen LogP contribution in [-0.4, -0.2) is 77.1 Å². The highest BCUT2D eigenvalue weighted by atomic mass is 32.2. The van der Waals surface area contributed by atoms with Gasteiger partial charge in [-0.2, -0.15) is 26.7 Å². The van der Waals surface area contributed by atoms with Crippen LogP contribution in [0.2, 0.25) is 0 Å². The summed E-state index contributed by atoms with van der Waals surface area (Å²) in [5.41, 5.74) is -7.04. The van der Waals surface area contributed by atoms with Gasteiger partial charge in [0.05, 0.1) is 35.8 Å². The van der Waals surface area contributed by atoms with Crippen molar-refractivity contribution >= 4 is 27.0 Å². The molecule has 18 heteroatoms. The molecule has 0 spiro atoms. The van der Waals surface area contributed by atoms with Gasteiger partial charge in [-0.25, -0.2) is 18.6 Å². The molecule has 0 fully saturated rings. The molecule has 48 heavy (non-hydrogen) atoms. The molecular weight excluding hydrogens is 669 g/mol. The van der Waals surface area contributed by atoms with E-state index in [2.05, 4.69) is 19.2 Å². The maximum absolute atomic E-state index is 15.9. The molecule has 258 valence electrons. The number of halogens is 5. The van der Waals surface area contributed by atoms with E-state index >= 15 is 4.39 Å². The van der Waals surface area contributed by atoms with Gasteiger partial charge in [-0.3, -0.25) is 14.6 Å². The summed E-state index contributed by atoms with van der Waals surface area (Å²) < 4.78 is 117. The standard InChI is InChI=1S/C30H30F5N5O7S/c1-16-22-14-21(38-40(22)9-8-39(16)28(41)46-29(2,3)4)26-24(25-20(32)12-17(31)13-23(25)45-11-10-44-5)18-6-7-36-15-19(18)27(37-26)47-48(42,43)30(33,34)35/h6-7,12-16H,8-11H2,1-5H3/t16-/m1/s1. The highest BCUT2D eigenvalue weighted by Crippen LogP contribution is 2.46. The summed E-state index contributed by atoms with van der Waals surface area (Å²) in [7, 11) is -4.85. The summed E-state index contributed by atoms with van der Waals surface area (Å²) in [6.07, 6.45) is 1.62. The molecule has 4 aromatic rings. The fourth-order valence-corrected chi connectivity index (χ4v) is 5.54. The number of benzene rings is 1. The van der Waals surface area contributed by atoms with Gasteiger partial charge >= 0.3 is 21.7 Å². The number of hydrogen-bond donors (Lipinski definition) is 0. The quantitative estimate of drug-likeness (QED) is 0.0933. The normalized spacial score (nSPS) is 15.4. The number of nitrogens with zero attached hydrogens (tertiary/aromatic N) is 5. The first-order valence-electron chi connectivity index (χ1n) is 14.4. The number of carbonyl (C=O) groups is 1. The van der Waals surface area contributed by atoms with E-state index in [0.717, 1.165) is 12.3 Å². The summed E-state index contributed by atoms with van der Waals surface area (Å²) in [4.78, 5) is 22.4. The van der Waals surface area contributed by atoms with E-state index in [9.17, 15) is 30.8 Å². The molecule has 1 aliphatic rings. The number of hydrogen-bond acceptors (Lipinski definition) is 10. The van der Waals surface area contributed by atoms with Crippen molar-refractivity contribution in [3.05, 3.63) is 54.0 Å². The third-order valence-electron chi connectivity index (χ3n) is 7.19. The molecule has 0 bridgehead atoms. The van der Waals surface area contributed by atoms with Crippen molar-refractivity contribution in [3.63, 3.8) is 0 Å². The molecule has 12 nitrogen and oxygen atoms in total. The van der Waals surface area contributed by atoms with Gasteiger partial charge in [0.2, 0.25) is 5.88 Å². The van der Waals surface area contributed by atoms with E-state index in [1.54, 1.807) is 27.7 Å². The first-order chi connectivity index (χ1) is 22.4. The van der Waals surface area contributed by atoms with E-state index < -0.39 is 50.9 Å². The van der Waals surface area contributed by atoms with Gasteiger partial charge in [0.25, 0.3) is 0 Å². The van der Waals surface area contributed by atoms with E-state index in [0.29, 0.717) is 11.8 Å². The molecule has 0 N–H and O–H groups in total. The topological polar surface area (TPSA) is 135 Å². The smallest absolute Gasteiger partial charge is 0.490 e. The van der Waals surface area contributed by atoms with Crippen LogP contribution in [0.3, 0.4) is 0 Å². The summed E-state index contributed by atoms with van der Waals surface area (Å²) in [5.74, 6) is -3.45. The molecule has 0 aliphatic carbocycles. The Labute approximate surface area is 271 Å². The SMILES string of the molecule is COCCOc1cc(F)cc(F)c1-c1c(-c2cc3n(n2)CCN(C(=O)OC(C)(C)C)[C@@H]3C)nc(OS(=O)(=O)C(F)(F)F)c2cnccc12. The Morgan fingerprint density at radius 2 is 1.77 bits per heavy atom. The lowest BCUT2D eigenvalue weighted by atomic mass is 9.95. The zero-order chi connectivity index (χ0) is 35.2. The molecule has 1 amide bonds. The maximum Gasteiger partial charge on any atom is 0.534 e. The third-order valence-corrected chi connectivity index (χ3v) is 8.13. The number of alkyl halides is 3. The zero-order valence-electron chi connectivity index (χ0n) is 26.3. The second-order valence-electron chi connectivity index (χ2n) is 11.7. The monoisotopic (exact) mass is 699 g/mol. The predicted molar refractivity (Wildman–Crippen MR) is 160 cm³/mol. The van der Waals surface area contributed by atoms with Crippen LogP contribution in [0, 0.1) is 11.6 Å². The number of methoxy groups -OCH3 is 1. The van der Waals surface area contributed by atoms with Crippen LogP contribution in [-0.2, 0) is 26.1 Å². The predicted octanol–water partition coefficient (Wildman–Crippen LogP) is 6.00. The Hall–Kier alpha value is -4.58. The molecular formula is C30H30F5N5O7S. The molecule has 0 saturated heterocycles. The second-order valence-corrected chi connectivity index (χ2v) is 13.2. The van der Waals surface area contributed by atoms with Gasteiger partial charge in [-0.15, -0.1) is 0 Å². The van der Waals surface area contributed by atoms with Crippen molar-refractivity contribution < 1.29 is 53.6 Å². The number of pyridine rings is 2. The van der Waals surface area contributed by atoms with Crippen LogP contribution < -0.4 is 8.92 Å². The molecule has 1 atom stereocenters. The van der Waals surface area contributed by atoms with Gasteiger partial charge in [-0.1, -0.05) is 0 Å². The molecule has 3 aromatic heterocycles. The van der Waals surface area contributed by atoms with Crippen LogP contribution >= 0.6 is 0 Å². The highest BCUT2D eigenvalue weighted by molar-refractivity contribution is 7.88. The summed E-state index contributed by atoms with van der Waals surface area (Å²) in [6.45, 7) is 7.07. The van der Waals surface area contributed by atoms with Crippen LogP contribution in [0.1, 0.15) is 39.4 Å². The minimum Gasteiger partial charge on any atom is -0.490 e. The maximum atomic E-state index is 15.9. The largest absolute Gasteiger partial charge is 0.534 e. The highest BCUT2D eigenvalue weighted by Gasteiger charge is 2.49. The fourth-order valence-electron chi connectivity index (χ4n) is 5.11. The summed E-state index contributed by atoms with van der Waals surface area (Å²) >= 11 is 0. The van der Waals surface area contributed by atoms with Crippen molar-refractivity contribution in [2.75, 3.05) is 26.9 Å². The number of fused-ring (bicyclic) bond motifs is 2. The second kappa shape index (κ2) is 12.8. The van der Waals surface area contributed by atoms with Gasteiger partial charge in [0, 0.05) is 49.1 Å². The molecule has 1 aromatic carbocycles. The van der Waals surface area contributed by atoms with Crippen LogP contribution in [0.15, 0.2) is 36.7 Å². The van der Waals surface area contributed by atoms with Gasteiger partial charge < -0.3 is 18.4 Å². The van der Waals surface area contributed by atoms with Crippen molar-refractivity contribution in [2.24, 2.45) is 0 Å². The fraction of sp³-hybridized carbons (Fsp3) is 0.400. The van der Waals surface area contributed by atoms with E-state index in [1.807, 2.05) is 0 Å². The first kappa shape index (κ1) is 34.7. The lowest BCUT2D eigenvalue weighted by molar-refractivity contribution is -0.0500. The number of amides is 1. The minimum absolute atomic E-state index is 0.0369.